The van der Waals surface area contributed by atoms with Crippen LogP contribution >= 0.6 is 12.2 Å². The van der Waals surface area contributed by atoms with Crippen LogP contribution in [-0.4, -0.2) is 16.8 Å². The summed E-state index contributed by atoms with van der Waals surface area (Å²) < 4.78 is 0. The molecule has 1 aliphatic carbocycles. The number of hydrogen-bond donors (Lipinski definition) is 3. The summed E-state index contributed by atoms with van der Waals surface area (Å²) in [6, 6.07) is 6.50. The van der Waals surface area contributed by atoms with Gasteiger partial charge in [-0.3, -0.25) is 9.59 Å². The van der Waals surface area contributed by atoms with Crippen LogP contribution in [0.3, 0.4) is 0 Å². The van der Waals surface area contributed by atoms with Crippen LogP contribution in [0, 0.1) is 5.41 Å². The first-order chi connectivity index (χ1) is 9.45. The lowest BCUT2D eigenvalue weighted by Crippen LogP contribution is -2.43. The molecule has 0 aliphatic heterocycles. The van der Waals surface area contributed by atoms with E-state index >= 15 is 0 Å². The standard InChI is InChI=1S/C14H17N3O2S/c15-11(18)9-4-3-5-10(8-9)17-13(19)14(12(16)20)6-1-2-7-14/h3-5,8H,1-2,6-7H2,(H2,15,18)(H2,16,20)(H,17,19). The normalized spacial score (nSPS) is 16.6. The van der Waals surface area contributed by atoms with Crippen molar-refractivity contribution in [2.45, 2.75) is 25.7 Å². The average molecular weight is 291 g/mol. The van der Waals surface area contributed by atoms with E-state index in [0.29, 0.717) is 24.1 Å². The summed E-state index contributed by atoms with van der Waals surface area (Å²) in [5.41, 5.74) is 11.1. The largest absolute Gasteiger partial charge is 0.392 e. The smallest absolute Gasteiger partial charge is 0.248 e. The second-order valence-corrected chi connectivity index (χ2v) is 5.49. The van der Waals surface area contributed by atoms with Gasteiger partial charge in [-0.1, -0.05) is 31.1 Å². The van der Waals surface area contributed by atoms with Gasteiger partial charge < -0.3 is 16.8 Å². The number of nitrogens with two attached hydrogens (primary N) is 2. The number of carbonyl (C=O) groups excluding carboxylic acids is 2. The first-order valence-corrected chi connectivity index (χ1v) is 6.88. The number of rotatable bonds is 4. The summed E-state index contributed by atoms with van der Waals surface area (Å²) in [5.74, 6) is -0.741. The van der Waals surface area contributed by atoms with Crippen molar-refractivity contribution in [3.63, 3.8) is 0 Å². The summed E-state index contributed by atoms with van der Waals surface area (Å²) in [6.45, 7) is 0. The first kappa shape index (κ1) is 14.5. The highest BCUT2D eigenvalue weighted by molar-refractivity contribution is 7.80. The molecule has 1 aromatic rings. The Balaban J connectivity index is 2.21. The van der Waals surface area contributed by atoms with E-state index in [0.717, 1.165) is 12.8 Å². The van der Waals surface area contributed by atoms with Gasteiger partial charge in [0.15, 0.2) is 0 Å². The van der Waals surface area contributed by atoms with Crippen molar-refractivity contribution in [1.82, 2.24) is 0 Å². The van der Waals surface area contributed by atoms with Crippen molar-refractivity contribution in [2.24, 2.45) is 16.9 Å². The highest BCUT2D eigenvalue weighted by atomic mass is 32.1. The number of benzene rings is 1. The molecule has 5 nitrogen and oxygen atoms in total. The molecule has 0 bridgehead atoms. The van der Waals surface area contributed by atoms with E-state index in [1.165, 1.54) is 0 Å². The molecule has 0 heterocycles. The van der Waals surface area contributed by atoms with E-state index < -0.39 is 11.3 Å². The van der Waals surface area contributed by atoms with Gasteiger partial charge in [0.25, 0.3) is 0 Å². The summed E-state index contributed by atoms with van der Waals surface area (Å²) >= 11 is 5.07. The second-order valence-electron chi connectivity index (χ2n) is 5.05. The average Bonchev–Trinajstić information content (AvgIpc) is 2.89. The van der Waals surface area contributed by atoms with E-state index in [1.54, 1.807) is 24.3 Å². The van der Waals surface area contributed by atoms with E-state index in [1.807, 2.05) is 0 Å². The Kier molecular flexibility index (Phi) is 4.04. The minimum absolute atomic E-state index is 0.205. The van der Waals surface area contributed by atoms with Crippen molar-refractivity contribution in [3.8, 4) is 0 Å². The van der Waals surface area contributed by atoms with Crippen molar-refractivity contribution < 1.29 is 9.59 Å². The molecule has 2 rings (SSSR count). The lowest BCUT2D eigenvalue weighted by atomic mass is 9.85. The number of primary amides is 1. The number of amides is 2. The van der Waals surface area contributed by atoms with E-state index in [4.69, 9.17) is 23.7 Å². The van der Waals surface area contributed by atoms with Crippen LogP contribution < -0.4 is 16.8 Å². The third-order valence-electron chi connectivity index (χ3n) is 3.77. The van der Waals surface area contributed by atoms with Gasteiger partial charge in [-0.15, -0.1) is 0 Å². The van der Waals surface area contributed by atoms with Crippen LogP contribution in [0.2, 0.25) is 0 Å². The van der Waals surface area contributed by atoms with Crippen molar-refractivity contribution in [2.75, 3.05) is 5.32 Å². The molecule has 20 heavy (non-hydrogen) atoms. The third kappa shape index (κ3) is 2.65. The van der Waals surface area contributed by atoms with Gasteiger partial charge in [-0.25, -0.2) is 0 Å². The molecule has 0 spiro atoms. The van der Waals surface area contributed by atoms with Gasteiger partial charge in [-0.05, 0) is 31.0 Å². The van der Waals surface area contributed by atoms with Gasteiger partial charge in [0.05, 0.1) is 10.4 Å². The van der Waals surface area contributed by atoms with Crippen molar-refractivity contribution >= 4 is 34.7 Å². The Bertz CT molecular complexity index is 565. The molecule has 0 atom stereocenters. The molecule has 5 N–H and O–H groups in total. The fourth-order valence-corrected chi connectivity index (χ4v) is 2.86. The SMILES string of the molecule is NC(=O)c1cccc(NC(=O)C2(C(N)=S)CCCC2)c1. The maximum atomic E-state index is 12.5. The maximum absolute atomic E-state index is 12.5. The molecule has 1 fully saturated rings. The predicted octanol–water partition coefficient (Wildman–Crippen LogP) is 1.57. The summed E-state index contributed by atoms with van der Waals surface area (Å²) in [5, 5.41) is 2.79. The Labute approximate surface area is 122 Å². The molecule has 2 amide bonds. The topological polar surface area (TPSA) is 98.2 Å². The molecule has 1 saturated carbocycles. The molecule has 0 unspecified atom stereocenters. The molecule has 6 heteroatoms. The van der Waals surface area contributed by atoms with E-state index in [-0.39, 0.29) is 10.9 Å². The molecule has 0 saturated heterocycles. The fourth-order valence-electron chi connectivity index (χ4n) is 2.56. The van der Waals surface area contributed by atoms with Gasteiger partial charge >= 0.3 is 0 Å². The lowest BCUT2D eigenvalue weighted by Gasteiger charge is -2.26. The number of nitrogens with one attached hydrogen (secondary N) is 1. The molecular formula is C14H17N3O2S. The van der Waals surface area contributed by atoms with Crippen LogP contribution in [0.15, 0.2) is 24.3 Å². The predicted molar refractivity (Wildman–Crippen MR) is 81.3 cm³/mol. The van der Waals surface area contributed by atoms with Gasteiger partial charge in [0, 0.05) is 11.3 Å². The van der Waals surface area contributed by atoms with Gasteiger partial charge in [0.1, 0.15) is 0 Å². The zero-order valence-electron chi connectivity index (χ0n) is 11.0. The number of thiocarbonyl (C=S) groups is 1. The number of anilines is 1. The van der Waals surface area contributed by atoms with E-state index in [2.05, 4.69) is 5.32 Å². The van der Waals surface area contributed by atoms with Crippen LogP contribution in [0.1, 0.15) is 36.0 Å². The fraction of sp³-hybridized carbons (Fsp3) is 0.357. The summed E-state index contributed by atoms with van der Waals surface area (Å²) in [7, 11) is 0. The molecule has 1 aromatic carbocycles. The molecular weight excluding hydrogens is 274 g/mol. The molecule has 106 valence electrons. The van der Waals surface area contributed by atoms with E-state index in [9.17, 15) is 9.59 Å². The minimum Gasteiger partial charge on any atom is -0.392 e. The van der Waals surface area contributed by atoms with Crippen LogP contribution in [-0.2, 0) is 4.79 Å². The maximum Gasteiger partial charge on any atom is 0.248 e. The Morgan fingerprint density at radius 3 is 2.40 bits per heavy atom. The monoisotopic (exact) mass is 291 g/mol. The van der Waals surface area contributed by atoms with Crippen LogP contribution in [0.5, 0.6) is 0 Å². The summed E-state index contributed by atoms with van der Waals surface area (Å²) in [6.07, 6.45) is 3.21. The van der Waals surface area contributed by atoms with Crippen LogP contribution in [0.25, 0.3) is 0 Å². The third-order valence-corrected chi connectivity index (χ3v) is 4.16. The first-order valence-electron chi connectivity index (χ1n) is 6.47. The minimum atomic E-state index is -0.766. The Hall–Kier alpha value is -1.95. The quantitative estimate of drug-likeness (QED) is 0.733. The van der Waals surface area contributed by atoms with Gasteiger partial charge in [0.2, 0.25) is 11.8 Å². The zero-order chi connectivity index (χ0) is 14.8. The van der Waals surface area contributed by atoms with Gasteiger partial charge in [-0.2, -0.15) is 0 Å². The van der Waals surface area contributed by atoms with Crippen molar-refractivity contribution in [1.29, 1.82) is 0 Å². The molecule has 0 aromatic heterocycles. The van der Waals surface area contributed by atoms with Crippen molar-refractivity contribution in [3.05, 3.63) is 29.8 Å². The van der Waals surface area contributed by atoms with Crippen LogP contribution in [0.4, 0.5) is 5.69 Å². The zero-order valence-corrected chi connectivity index (χ0v) is 11.8. The molecule has 1 aliphatic rings. The lowest BCUT2D eigenvalue weighted by molar-refractivity contribution is -0.122. The Morgan fingerprint density at radius 2 is 1.85 bits per heavy atom. The number of carbonyl (C=O) groups is 2. The number of hydrogen-bond acceptors (Lipinski definition) is 3. The second kappa shape index (κ2) is 5.58. The Morgan fingerprint density at radius 1 is 1.20 bits per heavy atom. The molecule has 0 radical (unpaired) electrons. The highest BCUT2D eigenvalue weighted by Crippen LogP contribution is 2.39. The summed E-state index contributed by atoms with van der Waals surface area (Å²) in [4.78, 5) is 23.8. The highest BCUT2D eigenvalue weighted by Gasteiger charge is 2.43.